The summed E-state index contributed by atoms with van der Waals surface area (Å²) in [5.41, 5.74) is 9.76. The standard InChI is InChI=1S/C3H8N2O2.I2/c4-1-2(5)3(6)7;1-2/h2H,1,4-5H2,(H,6,7);. The van der Waals surface area contributed by atoms with E-state index in [-0.39, 0.29) is 6.54 Å². The molecule has 0 aliphatic rings. The number of carbonyl (C=O) groups is 1. The maximum Gasteiger partial charge on any atom is 0.321 e. The van der Waals surface area contributed by atoms with Gasteiger partial charge in [0.15, 0.2) is 0 Å². The maximum atomic E-state index is 9.73. The Morgan fingerprint density at radius 1 is 1.67 bits per heavy atom. The van der Waals surface area contributed by atoms with Crippen molar-refractivity contribution in [3.8, 4) is 0 Å². The van der Waals surface area contributed by atoms with Crippen molar-refractivity contribution in [2.75, 3.05) is 6.54 Å². The summed E-state index contributed by atoms with van der Waals surface area (Å²) in [5.74, 6) is -1.05. The van der Waals surface area contributed by atoms with Gasteiger partial charge in [-0.1, -0.05) is 0 Å². The molecule has 0 aromatic rings. The molecule has 0 aliphatic carbocycles. The largest absolute Gasteiger partial charge is 0.480 e. The second-order valence-electron chi connectivity index (χ2n) is 1.18. The summed E-state index contributed by atoms with van der Waals surface area (Å²) in [6, 6.07) is -0.903. The number of rotatable bonds is 2. The Bertz CT molecular complexity index is 80.2. The first kappa shape index (κ1) is 12.5. The van der Waals surface area contributed by atoms with Crippen LogP contribution in [0.2, 0.25) is 0 Å². The fourth-order valence-corrected chi connectivity index (χ4v) is 0.101. The molecule has 0 aliphatic heterocycles. The molecule has 0 amide bonds. The number of aliphatic carboxylic acids is 1. The third-order valence-electron chi connectivity index (χ3n) is 0.571. The molecule has 5 N–H and O–H groups in total. The summed E-state index contributed by atoms with van der Waals surface area (Å²) in [6.45, 7) is -0.00463. The van der Waals surface area contributed by atoms with E-state index in [1.165, 1.54) is 0 Å². The van der Waals surface area contributed by atoms with Crippen LogP contribution < -0.4 is 11.5 Å². The monoisotopic (exact) mass is 358 g/mol. The van der Waals surface area contributed by atoms with Gasteiger partial charge in [0.1, 0.15) is 6.04 Å². The Morgan fingerprint density at radius 3 is 2.00 bits per heavy atom. The van der Waals surface area contributed by atoms with Crippen LogP contribution in [0.1, 0.15) is 0 Å². The smallest absolute Gasteiger partial charge is 0.321 e. The van der Waals surface area contributed by atoms with Crippen LogP contribution in [-0.4, -0.2) is 23.7 Å². The summed E-state index contributed by atoms with van der Waals surface area (Å²) in [7, 11) is 0. The van der Waals surface area contributed by atoms with Crippen molar-refractivity contribution in [3.63, 3.8) is 0 Å². The van der Waals surface area contributed by atoms with Gasteiger partial charge in [-0.15, -0.1) is 0 Å². The number of hydrogen-bond acceptors (Lipinski definition) is 3. The third kappa shape index (κ3) is 8.85. The molecule has 1 atom stereocenters. The Kier molecular flexibility index (Phi) is 12.3. The second kappa shape index (κ2) is 8.85. The van der Waals surface area contributed by atoms with E-state index in [1.54, 1.807) is 0 Å². The Balaban J connectivity index is 0. The van der Waals surface area contributed by atoms with Crippen LogP contribution in [0.15, 0.2) is 0 Å². The quantitative estimate of drug-likeness (QED) is 0.613. The Hall–Kier alpha value is 0.850. The summed E-state index contributed by atoms with van der Waals surface area (Å²) in [4.78, 5) is 9.73. The van der Waals surface area contributed by atoms with E-state index >= 15 is 0 Å². The molecule has 0 rings (SSSR count). The lowest BCUT2D eigenvalue weighted by atomic mass is 10.3. The van der Waals surface area contributed by atoms with Gasteiger partial charge in [0.25, 0.3) is 0 Å². The molecule has 0 spiro atoms. The minimum absolute atomic E-state index is 0.00463. The van der Waals surface area contributed by atoms with Gasteiger partial charge < -0.3 is 16.6 Å². The molecule has 9 heavy (non-hydrogen) atoms. The molecule has 0 fully saturated rings. The van der Waals surface area contributed by atoms with Gasteiger partial charge >= 0.3 is 5.97 Å². The van der Waals surface area contributed by atoms with E-state index in [2.05, 4.69) is 37.2 Å². The maximum absolute atomic E-state index is 9.73. The minimum Gasteiger partial charge on any atom is -0.480 e. The first-order chi connectivity index (χ1) is 4.18. The summed E-state index contributed by atoms with van der Waals surface area (Å²) in [5, 5.41) is 7.98. The molecular weight excluding hydrogens is 350 g/mol. The highest BCUT2D eigenvalue weighted by Gasteiger charge is 2.05. The lowest BCUT2D eigenvalue weighted by Gasteiger charge is -1.97. The van der Waals surface area contributed by atoms with Crippen molar-refractivity contribution >= 4 is 43.2 Å². The molecule has 6 heteroatoms. The van der Waals surface area contributed by atoms with Gasteiger partial charge in [0.05, 0.1) is 0 Å². The van der Waals surface area contributed by atoms with Crippen molar-refractivity contribution in [1.29, 1.82) is 0 Å². The van der Waals surface area contributed by atoms with Gasteiger partial charge in [-0.25, -0.2) is 0 Å². The first-order valence-electron chi connectivity index (χ1n) is 2.01. The van der Waals surface area contributed by atoms with Gasteiger partial charge in [-0.3, -0.25) is 4.79 Å². The highest BCUT2D eigenvalue weighted by Crippen LogP contribution is 1.89. The molecular formula is C3H8I2N2O2. The van der Waals surface area contributed by atoms with Gasteiger partial charge in [0.2, 0.25) is 0 Å². The van der Waals surface area contributed by atoms with E-state index in [0.29, 0.717) is 0 Å². The zero-order chi connectivity index (χ0) is 7.86. The van der Waals surface area contributed by atoms with Crippen molar-refractivity contribution in [1.82, 2.24) is 0 Å². The minimum atomic E-state index is -1.05. The van der Waals surface area contributed by atoms with Crippen LogP contribution in [0.4, 0.5) is 0 Å². The lowest BCUT2D eigenvalue weighted by molar-refractivity contribution is -0.138. The lowest BCUT2D eigenvalue weighted by Crippen LogP contribution is -2.37. The summed E-state index contributed by atoms with van der Waals surface area (Å²) in [6.07, 6.45) is 0. The molecule has 0 heterocycles. The molecule has 0 bridgehead atoms. The summed E-state index contributed by atoms with van der Waals surface area (Å²) < 4.78 is 0. The van der Waals surface area contributed by atoms with Crippen LogP contribution in [0.3, 0.4) is 0 Å². The van der Waals surface area contributed by atoms with E-state index in [0.717, 1.165) is 0 Å². The average Bonchev–Trinajstić information content (AvgIpc) is 1.91. The molecule has 1 unspecified atom stereocenters. The normalized spacial score (nSPS) is 11.1. The topological polar surface area (TPSA) is 89.3 Å². The van der Waals surface area contributed by atoms with E-state index in [9.17, 15) is 4.79 Å². The summed E-state index contributed by atoms with van der Waals surface area (Å²) >= 11 is 4.24. The van der Waals surface area contributed by atoms with Gasteiger partial charge in [0, 0.05) is 43.8 Å². The van der Waals surface area contributed by atoms with Gasteiger partial charge in [-0.2, -0.15) is 0 Å². The van der Waals surface area contributed by atoms with E-state index < -0.39 is 12.0 Å². The van der Waals surface area contributed by atoms with Crippen molar-refractivity contribution < 1.29 is 9.90 Å². The number of halogens is 2. The van der Waals surface area contributed by atoms with Crippen molar-refractivity contribution in [2.45, 2.75) is 6.04 Å². The first-order valence-corrected chi connectivity index (χ1v) is 8.29. The molecule has 0 aromatic carbocycles. The van der Waals surface area contributed by atoms with Crippen molar-refractivity contribution in [3.05, 3.63) is 0 Å². The number of carboxylic acid groups (broad SMARTS) is 1. The molecule has 0 saturated heterocycles. The SMILES string of the molecule is II.NCC(N)C(=O)O. The van der Waals surface area contributed by atoms with Crippen LogP contribution in [0.25, 0.3) is 0 Å². The predicted octanol–water partition coefficient (Wildman–Crippen LogP) is 0.128. The second-order valence-corrected chi connectivity index (χ2v) is 1.18. The molecule has 56 valence electrons. The highest BCUT2D eigenvalue weighted by molar-refractivity contribution is 15.0. The predicted molar refractivity (Wildman–Crippen MR) is 52.7 cm³/mol. The number of nitrogens with two attached hydrogens (primary N) is 2. The van der Waals surface area contributed by atoms with E-state index in [1.807, 2.05) is 0 Å². The van der Waals surface area contributed by atoms with Gasteiger partial charge in [-0.05, 0) is 0 Å². The number of carboxylic acids is 1. The average molecular weight is 358 g/mol. The molecule has 0 aromatic heterocycles. The van der Waals surface area contributed by atoms with Crippen LogP contribution >= 0.6 is 37.2 Å². The Morgan fingerprint density at radius 2 is 2.00 bits per heavy atom. The fraction of sp³-hybridized carbons (Fsp3) is 0.667. The molecule has 4 nitrogen and oxygen atoms in total. The number of hydrogen-bond donors (Lipinski definition) is 3. The molecule has 0 radical (unpaired) electrons. The van der Waals surface area contributed by atoms with Crippen molar-refractivity contribution in [2.24, 2.45) is 11.5 Å². The molecule has 0 saturated carbocycles. The third-order valence-corrected chi connectivity index (χ3v) is 0.571. The zero-order valence-corrected chi connectivity index (χ0v) is 8.87. The van der Waals surface area contributed by atoms with Crippen LogP contribution in [0.5, 0.6) is 0 Å². The fourth-order valence-electron chi connectivity index (χ4n) is 0.101. The Labute approximate surface area is 76.7 Å². The van der Waals surface area contributed by atoms with Crippen LogP contribution in [-0.2, 0) is 4.79 Å². The van der Waals surface area contributed by atoms with E-state index in [4.69, 9.17) is 16.6 Å². The highest BCUT2D eigenvalue weighted by atomic mass is 128. The van der Waals surface area contributed by atoms with Crippen LogP contribution in [0, 0.1) is 0 Å². The zero-order valence-electron chi connectivity index (χ0n) is 4.55.